The van der Waals surface area contributed by atoms with Crippen LogP contribution < -0.4 is 18.9 Å². The lowest BCUT2D eigenvalue weighted by molar-refractivity contribution is -0.141. The number of carbonyl (C=O) groups is 1. The maximum atomic E-state index is 14.9. The summed E-state index contributed by atoms with van der Waals surface area (Å²) in [6, 6.07) is 15.9. The molecule has 0 bridgehead atoms. The lowest BCUT2D eigenvalue weighted by Crippen LogP contribution is -2.09. The van der Waals surface area contributed by atoms with Gasteiger partial charge < -0.3 is 23.7 Å². The monoisotopic (exact) mass is 464 g/mol. The molecule has 3 aromatic rings. The molecule has 3 aromatic carbocycles. The maximum absolute atomic E-state index is 14.9. The Bertz CT molecular complexity index is 1210. The number of carbonyl (C=O) groups excluding carboxylic acids is 1. The average Bonchev–Trinajstić information content (AvgIpc) is 3.46. The van der Waals surface area contributed by atoms with E-state index in [1.165, 1.54) is 13.2 Å². The molecular formula is C27H25FO6. The van der Waals surface area contributed by atoms with Crippen molar-refractivity contribution >= 4 is 5.97 Å². The summed E-state index contributed by atoms with van der Waals surface area (Å²) in [4.78, 5) is 11.6. The molecule has 0 spiro atoms. The van der Waals surface area contributed by atoms with Gasteiger partial charge in [0.25, 0.3) is 0 Å². The van der Waals surface area contributed by atoms with Crippen LogP contribution in [0.25, 0.3) is 0 Å². The van der Waals surface area contributed by atoms with Crippen LogP contribution in [-0.4, -0.2) is 26.8 Å². The SMILES string of the molecule is COC(=O)CC1COc2cc(OC3CCc4c(Oc5ccc(OC)cc5)ccc(F)c43)ccc21. The molecule has 0 saturated carbocycles. The van der Waals surface area contributed by atoms with E-state index >= 15 is 0 Å². The largest absolute Gasteiger partial charge is 0.497 e. The lowest BCUT2D eigenvalue weighted by atomic mass is 9.98. The van der Waals surface area contributed by atoms with E-state index in [4.69, 9.17) is 23.7 Å². The molecule has 2 atom stereocenters. The highest BCUT2D eigenvalue weighted by Gasteiger charge is 2.32. The Morgan fingerprint density at radius 3 is 2.56 bits per heavy atom. The van der Waals surface area contributed by atoms with Gasteiger partial charge in [0.2, 0.25) is 0 Å². The number of esters is 1. The van der Waals surface area contributed by atoms with Crippen LogP contribution in [0.4, 0.5) is 4.39 Å². The summed E-state index contributed by atoms with van der Waals surface area (Å²) in [6.45, 7) is 0.417. The highest BCUT2D eigenvalue weighted by atomic mass is 19.1. The molecule has 1 aliphatic heterocycles. The van der Waals surface area contributed by atoms with Gasteiger partial charge in [-0.2, -0.15) is 0 Å². The standard InChI is InChI=1S/C27H25FO6/c1-30-17-3-5-18(6-4-17)33-23-12-10-22(28)27-21(23)9-11-24(27)34-19-7-8-20-16(13-26(29)31-2)15-32-25(20)14-19/h3-8,10,12,14,16,24H,9,11,13,15H2,1-2H3. The molecule has 5 rings (SSSR count). The molecule has 0 amide bonds. The first-order chi connectivity index (χ1) is 16.6. The van der Waals surface area contributed by atoms with Crippen LogP contribution in [0.3, 0.4) is 0 Å². The molecule has 0 radical (unpaired) electrons. The van der Waals surface area contributed by atoms with Gasteiger partial charge in [-0.3, -0.25) is 4.79 Å². The fraction of sp³-hybridized carbons (Fsp3) is 0.296. The Hall–Kier alpha value is -3.74. The third-order valence-electron chi connectivity index (χ3n) is 6.31. The first-order valence-electron chi connectivity index (χ1n) is 11.2. The Kier molecular flexibility index (Phi) is 6.01. The highest BCUT2D eigenvalue weighted by molar-refractivity contribution is 5.71. The Morgan fingerprint density at radius 2 is 1.79 bits per heavy atom. The summed E-state index contributed by atoms with van der Waals surface area (Å²) in [5.41, 5.74) is 2.29. The van der Waals surface area contributed by atoms with E-state index in [2.05, 4.69) is 0 Å². The first-order valence-corrected chi connectivity index (χ1v) is 11.2. The van der Waals surface area contributed by atoms with Crippen molar-refractivity contribution in [2.45, 2.75) is 31.3 Å². The zero-order valence-electron chi connectivity index (χ0n) is 19.0. The second-order valence-electron chi connectivity index (χ2n) is 8.35. The summed E-state index contributed by atoms with van der Waals surface area (Å²) < 4.78 is 42.8. The van der Waals surface area contributed by atoms with Gasteiger partial charge in [-0.25, -0.2) is 4.39 Å². The smallest absolute Gasteiger partial charge is 0.306 e. The third-order valence-corrected chi connectivity index (χ3v) is 6.31. The van der Waals surface area contributed by atoms with Crippen LogP contribution in [0.2, 0.25) is 0 Å². The summed E-state index contributed by atoms with van der Waals surface area (Å²) in [6.07, 6.45) is 1.12. The minimum absolute atomic E-state index is 0.0428. The molecule has 7 heteroatoms. The fourth-order valence-electron chi connectivity index (χ4n) is 4.57. The summed E-state index contributed by atoms with van der Waals surface area (Å²) in [5, 5.41) is 0. The summed E-state index contributed by atoms with van der Waals surface area (Å²) >= 11 is 0. The van der Waals surface area contributed by atoms with E-state index in [0.29, 0.717) is 48.0 Å². The summed E-state index contributed by atoms with van der Waals surface area (Å²) in [5.74, 6) is 2.66. The van der Waals surface area contributed by atoms with Crippen LogP contribution in [0.5, 0.6) is 28.7 Å². The van der Waals surface area contributed by atoms with Crippen molar-refractivity contribution in [1.29, 1.82) is 0 Å². The van der Waals surface area contributed by atoms with E-state index in [9.17, 15) is 9.18 Å². The molecule has 0 N–H and O–H groups in total. The van der Waals surface area contributed by atoms with Crippen LogP contribution in [-0.2, 0) is 16.0 Å². The van der Waals surface area contributed by atoms with E-state index in [1.54, 1.807) is 19.2 Å². The molecule has 0 aromatic heterocycles. The van der Waals surface area contributed by atoms with E-state index in [1.807, 2.05) is 36.4 Å². The maximum Gasteiger partial charge on any atom is 0.306 e. The number of ether oxygens (including phenoxy) is 5. The van der Waals surface area contributed by atoms with Crippen molar-refractivity contribution in [3.63, 3.8) is 0 Å². The van der Waals surface area contributed by atoms with Gasteiger partial charge in [0.1, 0.15) is 40.7 Å². The van der Waals surface area contributed by atoms with Crippen molar-refractivity contribution in [2.24, 2.45) is 0 Å². The lowest BCUT2D eigenvalue weighted by Gasteiger charge is -2.17. The van der Waals surface area contributed by atoms with Gasteiger partial charge in [-0.15, -0.1) is 0 Å². The van der Waals surface area contributed by atoms with Gasteiger partial charge in [-0.05, 0) is 55.3 Å². The van der Waals surface area contributed by atoms with Crippen LogP contribution in [0.1, 0.15) is 41.6 Å². The highest BCUT2D eigenvalue weighted by Crippen LogP contribution is 2.44. The minimum Gasteiger partial charge on any atom is -0.497 e. The van der Waals surface area contributed by atoms with Crippen LogP contribution >= 0.6 is 0 Å². The Balaban J connectivity index is 1.34. The fourth-order valence-corrected chi connectivity index (χ4v) is 4.57. The molecular weight excluding hydrogens is 439 g/mol. The van der Waals surface area contributed by atoms with Crippen molar-refractivity contribution in [3.05, 3.63) is 77.1 Å². The van der Waals surface area contributed by atoms with Crippen molar-refractivity contribution in [3.8, 4) is 28.7 Å². The first kappa shape index (κ1) is 22.1. The molecule has 2 unspecified atom stereocenters. The second kappa shape index (κ2) is 9.25. The normalized spacial score (nSPS) is 18.0. The van der Waals surface area contributed by atoms with Gasteiger partial charge in [0, 0.05) is 28.7 Å². The number of rotatable bonds is 7. The number of methoxy groups -OCH3 is 2. The van der Waals surface area contributed by atoms with Crippen LogP contribution in [0.15, 0.2) is 54.6 Å². The topological polar surface area (TPSA) is 63.2 Å². The molecule has 2 aliphatic rings. The molecule has 1 aliphatic carbocycles. The zero-order valence-corrected chi connectivity index (χ0v) is 19.0. The average molecular weight is 464 g/mol. The van der Waals surface area contributed by atoms with Crippen LogP contribution in [0, 0.1) is 5.82 Å². The minimum atomic E-state index is -0.431. The number of benzene rings is 3. The van der Waals surface area contributed by atoms with E-state index < -0.39 is 6.10 Å². The molecule has 1 heterocycles. The van der Waals surface area contributed by atoms with Gasteiger partial charge in [0.05, 0.1) is 27.2 Å². The third kappa shape index (κ3) is 4.25. The number of hydrogen-bond donors (Lipinski definition) is 0. The quantitative estimate of drug-likeness (QED) is 0.416. The molecule has 6 nitrogen and oxygen atoms in total. The summed E-state index contributed by atoms with van der Waals surface area (Å²) in [7, 11) is 2.98. The predicted octanol–water partition coefficient (Wildman–Crippen LogP) is 5.73. The second-order valence-corrected chi connectivity index (χ2v) is 8.35. The number of halogens is 1. The van der Waals surface area contributed by atoms with E-state index in [0.717, 1.165) is 16.9 Å². The zero-order chi connectivity index (χ0) is 23.7. The molecule has 0 saturated heterocycles. The van der Waals surface area contributed by atoms with Crippen molar-refractivity contribution < 1.29 is 32.9 Å². The van der Waals surface area contributed by atoms with Crippen molar-refractivity contribution in [2.75, 3.05) is 20.8 Å². The number of hydrogen-bond acceptors (Lipinski definition) is 6. The molecule has 0 fully saturated rings. The van der Waals surface area contributed by atoms with E-state index in [-0.39, 0.29) is 24.1 Å². The predicted molar refractivity (Wildman–Crippen MR) is 122 cm³/mol. The number of fused-ring (bicyclic) bond motifs is 2. The van der Waals surface area contributed by atoms with Gasteiger partial charge in [-0.1, -0.05) is 6.07 Å². The molecule has 176 valence electrons. The Morgan fingerprint density at radius 1 is 1.03 bits per heavy atom. The molecule has 34 heavy (non-hydrogen) atoms. The van der Waals surface area contributed by atoms with Gasteiger partial charge >= 0.3 is 5.97 Å². The Labute approximate surface area is 197 Å². The van der Waals surface area contributed by atoms with Gasteiger partial charge in [0.15, 0.2) is 0 Å². The van der Waals surface area contributed by atoms with Crippen molar-refractivity contribution in [1.82, 2.24) is 0 Å².